The molecule has 0 saturated heterocycles. The molecule has 3 heteroatoms. The second-order valence-electron chi connectivity index (χ2n) is 7.02. The molecule has 0 bridgehead atoms. The van der Waals surface area contributed by atoms with E-state index in [1.165, 1.54) is 33.1 Å². The average Bonchev–Trinajstić information content (AvgIpc) is 2.65. The molecule has 0 aromatic heterocycles. The standard InChI is InChI=1S/C22H17N3/c1-13(10-23)18-6-14-2-4-16-8-19(20(11-24)12-25)9-17-5-3-15(7-18)21(14)22(16)17/h6-9,13,18H,2-5H2,1H3. The zero-order valence-electron chi connectivity index (χ0n) is 14.1. The first-order chi connectivity index (χ1) is 12.2. The van der Waals surface area contributed by atoms with Crippen molar-refractivity contribution < 1.29 is 0 Å². The monoisotopic (exact) mass is 323 g/mol. The van der Waals surface area contributed by atoms with Crippen LogP contribution < -0.4 is 10.4 Å². The maximum absolute atomic E-state index is 9.27. The normalized spacial score (nSPS) is 18.7. The van der Waals surface area contributed by atoms with E-state index in [1.807, 2.05) is 31.2 Å². The van der Waals surface area contributed by atoms with Crippen molar-refractivity contribution in [1.29, 1.82) is 15.8 Å². The van der Waals surface area contributed by atoms with Gasteiger partial charge in [0.05, 0.1) is 12.0 Å². The third-order valence-electron chi connectivity index (χ3n) is 5.60. The van der Waals surface area contributed by atoms with E-state index < -0.39 is 0 Å². The summed E-state index contributed by atoms with van der Waals surface area (Å²) in [5.41, 5.74) is 6.79. The lowest BCUT2D eigenvalue weighted by Crippen LogP contribution is -2.33. The van der Waals surface area contributed by atoms with Crippen molar-refractivity contribution in [1.82, 2.24) is 0 Å². The maximum atomic E-state index is 9.27. The smallest absolute Gasteiger partial charge is 0.136 e. The van der Waals surface area contributed by atoms with Crippen LogP contribution in [0.4, 0.5) is 0 Å². The summed E-state index contributed by atoms with van der Waals surface area (Å²) in [5.74, 6) is 0.202. The van der Waals surface area contributed by atoms with E-state index in [2.05, 4.69) is 18.2 Å². The van der Waals surface area contributed by atoms with E-state index in [-0.39, 0.29) is 17.4 Å². The van der Waals surface area contributed by atoms with Crippen molar-refractivity contribution in [2.45, 2.75) is 32.6 Å². The maximum Gasteiger partial charge on any atom is 0.136 e. The van der Waals surface area contributed by atoms with Crippen LogP contribution in [0.5, 0.6) is 0 Å². The van der Waals surface area contributed by atoms with Gasteiger partial charge in [-0.25, -0.2) is 0 Å². The van der Waals surface area contributed by atoms with Crippen molar-refractivity contribution in [3.63, 3.8) is 0 Å². The van der Waals surface area contributed by atoms with E-state index in [9.17, 15) is 15.8 Å². The number of nitrogens with zero attached hydrogens (tertiary/aromatic N) is 3. The van der Waals surface area contributed by atoms with Crippen LogP contribution >= 0.6 is 0 Å². The van der Waals surface area contributed by atoms with Gasteiger partial charge in [0.25, 0.3) is 0 Å². The predicted molar refractivity (Wildman–Crippen MR) is 94.8 cm³/mol. The van der Waals surface area contributed by atoms with Gasteiger partial charge in [-0.05, 0) is 77.8 Å². The highest BCUT2D eigenvalue weighted by molar-refractivity contribution is 5.83. The fourth-order valence-electron chi connectivity index (χ4n) is 4.32. The number of hydrogen-bond acceptors (Lipinski definition) is 3. The van der Waals surface area contributed by atoms with Crippen molar-refractivity contribution in [3.05, 3.63) is 57.0 Å². The lowest BCUT2D eigenvalue weighted by molar-refractivity contribution is 0.609. The fraction of sp³-hybridized carbons (Fsp3) is 0.318. The largest absolute Gasteiger partial charge is 0.198 e. The summed E-state index contributed by atoms with van der Waals surface area (Å²) in [7, 11) is 0. The minimum atomic E-state index is -0.00450. The Bertz CT molecular complexity index is 1020. The van der Waals surface area contributed by atoms with Crippen LogP contribution in [0.25, 0.3) is 11.1 Å². The number of benzene rings is 1. The lowest BCUT2D eigenvalue weighted by atomic mass is 9.71. The van der Waals surface area contributed by atoms with Crippen LogP contribution in [-0.4, -0.2) is 0 Å². The Balaban J connectivity index is 2.01. The Morgan fingerprint density at radius 3 is 2.00 bits per heavy atom. The lowest BCUT2D eigenvalue weighted by Gasteiger charge is -2.32. The van der Waals surface area contributed by atoms with Gasteiger partial charge in [0, 0.05) is 11.1 Å². The summed E-state index contributed by atoms with van der Waals surface area (Å²) in [5, 5.41) is 29.7. The molecule has 0 saturated carbocycles. The molecule has 0 N–H and O–H groups in total. The van der Waals surface area contributed by atoms with Gasteiger partial charge in [-0.2, -0.15) is 15.8 Å². The molecule has 25 heavy (non-hydrogen) atoms. The Labute approximate surface area is 147 Å². The minimum Gasteiger partial charge on any atom is -0.198 e. The molecule has 0 amide bonds. The van der Waals surface area contributed by atoms with Gasteiger partial charge in [0.2, 0.25) is 0 Å². The van der Waals surface area contributed by atoms with E-state index in [0.29, 0.717) is 0 Å². The van der Waals surface area contributed by atoms with Gasteiger partial charge >= 0.3 is 0 Å². The summed E-state index contributed by atoms with van der Waals surface area (Å²) in [4.78, 5) is 0. The van der Waals surface area contributed by atoms with Crippen LogP contribution in [-0.2, 0) is 12.8 Å². The molecule has 0 heterocycles. The molecule has 1 atom stereocenters. The fourth-order valence-corrected chi connectivity index (χ4v) is 4.32. The van der Waals surface area contributed by atoms with E-state index in [0.717, 1.165) is 30.9 Å². The summed E-state index contributed by atoms with van der Waals surface area (Å²) in [6.07, 6.45) is 8.34. The molecule has 0 radical (unpaired) electrons. The summed E-state index contributed by atoms with van der Waals surface area (Å²) in [6, 6.07) is 10.5. The van der Waals surface area contributed by atoms with Crippen molar-refractivity contribution in [3.8, 4) is 18.2 Å². The second kappa shape index (κ2) is 5.77. The highest BCUT2D eigenvalue weighted by Crippen LogP contribution is 2.39. The van der Waals surface area contributed by atoms with Crippen LogP contribution in [0.2, 0.25) is 0 Å². The van der Waals surface area contributed by atoms with E-state index >= 15 is 0 Å². The molecule has 1 aromatic rings. The molecule has 3 aliphatic carbocycles. The van der Waals surface area contributed by atoms with Gasteiger partial charge in [-0.1, -0.05) is 12.2 Å². The Kier molecular flexibility index (Phi) is 3.56. The summed E-state index contributed by atoms with van der Waals surface area (Å²) in [6.45, 7) is 1.99. The summed E-state index contributed by atoms with van der Waals surface area (Å²) >= 11 is 0. The Morgan fingerprint density at radius 1 is 0.960 bits per heavy atom. The quantitative estimate of drug-likeness (QED) is 0.797. The minimum absolute atomic E-state index is 0.00450. The Morgan fingerprint density at radius 2 is 1.52 bits per heavy atom. The average molecular weight is 323 g/mol. The van der Waals surface area contributed by atoms with Crippen LogP contribution in [0.3, 0.4) is 0 Å². The summed E-state index contributed by atoms with van der Waals surface area (Å²) < 4.78 is 0. The molecule has 1 unspecified atom stereocenters. The highest BCUT2D eigenvalue weighted by Gasteiger charge is 2.29. The van der Waals surface area contributed by atoms with Crippen molar-refractivity contribution in [2.75, 3.05) is 0 Å². The molecular formula is C22H17N3. The third-order valence-corrected chi connectivity index (χ3v) is 5.60. The molecule has 0 fully saturated rings. The molecule has 4 rings (SSSR count). The number of allylic oxidation sites excluding steroid dienone is 4. The van der Waals surface area contributed by atoms with Gasteiger partial charge in [0.15, 0.2) is 0 Å². The predicted octanol–water partition coefficient (Wildman–Crippen LogP) is 2.57. The molecule has 0 aliphatic heterocycles. The molecule has 0 spiro atoms. The van der Waals surface area contributed by atoms with Crippen LogP contribution in [0.1, 0.15) is 30.9 Å². The molecule has 3 aliphatic rings. The number of rotatable bonds is 1. The van der Waals surface area contributed by atoms with E-state index in [4.69, 9.17) is 0 Å². The van der Waals surface area contributed by atoms with Crippen molar-refractivity contribution >= 4 is 11.1 Å². The van der Waals surface area contributed by atoms with Crippen molar-refractivity contribution in [2.24, 2.45) is 11.8 Å². The van der Waals surface area contributed by atoms with Crippen LogP contribution in [0, 0.1) is 45.8 Å². The second-order valence-corrected chi connectivity index (χ2v) is 7.02. The number of nitriles is 3. The third kappa shape index (κ3) is 2.31. The number of hydrogen-bond donors (Lipinski definition) is 0. The van der Waals surface area contributed by atoms with Gasteiger partial charge in [-0.15, -0.1) is 0 Å². The first-order valence-corrected chi connectivity index (χ1v) is 8.68. The van der Waals surface area contributed by atoms with Gasteiger partial charge in [-0.3, -0.25) is 0 Å². The molecule has 120 valence electrons. The Hall–Kier alpha value is -3.09. The van der Waals surface area contributed by atoms with Crippen LogP contribution in [0.15, 0.2) is 35.4 Å². The SMILES string of the molecule is CC(C#N)C1C=C2CCc3cc(=C(C#N)C#N)cc4c3=C2C(=C1)CC4. The van der Waals surface area contributed by atoms with Gasteiger partial charge in [0.1, 0.15) is 17.7 Å². The molecule has 3 nitrogen and oxygen atoms in total. The number of aryl methyl sites for hydroxylation is 2. The molecular weight excluding hydrogens is 306 g/mol. The molecule has 1 aromatic carbocycles. The topological polar surface area (TPSA) is 71.4 Å². The zero-order chi connectivity index (χ0) is 17.6. The van der Waals surface area contributed by atoms with Gasteiger partial charge < -0.3 is 0 Å². The first-order valence-electron chi connectivity index (χ1n) is 8.68. The van der Waals surface area contributed by atoms with E-state index in [1.54, 1.807) is 0 Å². The zero-order valence-corrected chi connectivity index (χ0v) is 14.1. The highest BCUT2D eigenvalue weighted by atomic mass is 14.4. The first kappa shape index (κ1) is 15.4.